The number of hydrogen-bond acceptors (Lipinski definition) is 2. The van der Waals surface area contributed by atoms with Gasteiger partial charge in [-0.05, 0) is 18.9 Å². The van der Waals surface area contributed by atoms with Crippen LogP contribution in [0, 0.1) is 6.92 Å². The molecule has 0 atom stereocenters. The number of aromatic nitrogens is 1. The van der Waals surface area contributed by atoms with Gasteiger partial charge >= 0.3 is 12.1 Å². The smallest absolute Gasteiger partial charge is 0.419 e. The van der Waals surface area contributed by atoms with E-state index in [4.69, 9.17) is 4.74 Å². The predicted molar refractivity (Wildman–Crippen MR) is 114 cm³/mol. The summed E-state index contributed by atoms with van der Waals surface area (Å²) < 4.78 is 48.0. The van der Waals surface area contributed by atoms with Gasteiger partial charge in [0, 0.05) is 18.3 Å². The lowest BCUT2D eigenvalue weighted by molar-refractivity contribution is -0.137. The zero-order valence-corrected chi connectivity index (χ0v) is 18.1. The minimum atomic E-state index is -4.66. The Morgan fingerprint density at radius 2 is 1.53 bits per heavy atom. The molecule has 30 heavy (non-hydrogen) atoms. The van der Waals surface area contributed by atoms with E-state index >= 15 is 0 Å². The van der Waals surface area contributed by atoms with Crippen LogP contribution in [0.1, 0.15) is 79.9 Å². The zero-order valence-electron chi connectivity index (χ0n) is 18.1. The van der Waals surface area contributed by atoms with Crippen molar-refractivity contribution in [1.29, 1.82) is 0 Å². The first-order valence-corrected chi connectivity index (χ1v) is 10.7. The number of hydrogen-bond donors (Lipinski definition) is 0. The fourth-order valence-electron chi connectivity index (χ4n) is 3.70. The Balaban J connectivity index is 2.24. The van der Waals surface area contributed by atoms with Gasteiger partial charge in [0.1, 0.15) is 5.69 Å². The Hall–Kier alpha value is -2.24. The van der Waals surface area contributed by atoms with Crippen LogP contribution < -0.4 is 0 Å². The number of methoxy groups -OCH3 is 1. The molecule has 0 bridgehead atoms. The standard InChI is InChI=1S/C24H32F3NO2/c1-4-5-6-7-8-9-10-11-16-28-17-20(19-14-12-18(2)13-15-19)21(24(25,26)27)22(28)23(29)30-3/h12-15,17H,4-11,16H2,1-3H3. The molecule has 2 aromatic rings. The second-order valence-corrected chi connectivity index (χ2v) is 7.79. The molecule has 0 saturated heterocycles. The highest BCUT2D eigenvalue weighted by Crippen LogP contribution is 2.41. The molecule has 0 radical (unpaired) electrons. The lowest BCUT2D eigenvalue weighted by atomic mass is 10.0. The van der Waals surface area contributed by atoms with E-state index in [0.717, 1.165) is 38.4 Å². The normalized spacial score (nSPS) is 11.7. The topological polar surface area (TPSA) is 31.2 Å². The molecule has 1 aromatic heterocycles. The van der Waals surface area contributed by atoms with Crippen LogP contribution in [0.5, 0.6) is 0 Å². The second kappa shape index (κ2) is 11.2. The SMILES string of the molecule is CCCCCCCCCCn1cc(-c2ccc(C)cc2)c(C(F)(F)F)c1C(=O)OC. The molecule has 0 fully saturated rings. The van der Waals surface area contributed by atoms with Gasteiger partial charge in [0.05, 0.1) is 12.7 Å². The van der Waals surface area contributed by atoms with E-state index in [-0.39, 0.29) is 5.56 Å². The maximum atomic E-state index is 14.0. The first-order valence-electron chi connectivity index (χ1n) is 10.7. The van der Waals surface area contributed by atoms with Crippen LogP contribution in [-0.2, 0) is 17.5 Å². The summed E-state index contributed by atoms with van der Waals surface area (Å²) in [5, 5.41) is 0. The van der Waals surface area contributed by atoms with Crippen LogP contribution >= 0.6 is 0 Å². The average molecular weight is 424 g/mol. The van der Waals surface area contributed by atoms with Crippen LogP contribution in [0.4, 0.5) is 13.2 Å². The predicted octanol–water partition coefficient (Wildman–Crippen LogP) is 7.41. The third-order valence-corrected chi connectivity index (χ3v) is 5.36. The van der Waals surface area contributed by atoms with E-state index < -0.39 is 23.4 Å². The summed E-state index contributed by atoms with van der Waals surface area (Å²) in [4.78, 5) is 12.3. The third kappa shape index (κ3) is 6.38. The van der Waals surface area contributed by atoms with Crippen molar-refractivity contribution in [3.8, 4) is 11.1 Å². The minimum absolute atomic E-state index is 0.0162. The highest BCUT2D eigenvalue weighted by Gasteiger charge is 2.41. The number of unbranched alkanes of at least 4 members (excludes halogenated alkanes) is 7. The lowest BCUT2D eigenvalue weighted by Gasteiger charge is -2.12. The van der Waals surface area contributed by atoms with Crippen LogP contribution in [0.2, 0.25) is 0 Å². The highest BCUT2D eigenvalue weighted by molar-refractivity contribution is 5.93. The van der Waals surface area contributed by atoms with E-state index in [0.29, 0.717) is 12.1 Å². The number of benzene rings is 1. The maximum Gasteiger partial charge on any atom is 0.419 e. The first kappa shape index (κ1) is 24.0. The van der Waals surface area contributed by atoms with E-state index in [1.165, 1.54) is 36.4 Å². The number of esters is 1. The molecule has 6 heteroatoms. The number of carbonyl (C=O) groups excluding carboxylic acids is 1. The molecule has 0 unspecified atom stereocenters. The van der Waals surface area contributed by atoms with Crippen molar-refractivity contribution < 1.29 is 22.7 Å². The number of alkyl halides is 3. The highest BCUT2D eigenvalue weighted by atomic mass is 19.4. The molecule has 2 rings (SSSR count). The van der Waals surface area contributed by atoms with Crippen molar-refractivity contribution in [2.75, 3.05) is 7.11 Å². The summed E-state index contributed by atoms with van der Waals surface area (Å²) in [6, 6.07) is 6.84. The summed E-state index contributed by atoms with van der Waals surface area (Å²) in [7, 11) is 1.11. The summed E-state index contributed by atoms with van der Waals surface area (Å²) in [5.74, 6) is -0.958. The van der Waals surface area contributed by atoms with Crippen LogP contribution in [-0.4, -0.2) is 17.6 Å². The van der Waals surface area contributed by atoms with Crippen molar-refractivity contribution >= 4 is 5.97 Å². The van der Waals surface area contributed by atoms with Gasteiger partial charge in [-0.1, -0.05) is 81.7 Å². The van der Waals surface area contributed by atoms with Gasteiger partial charge in [-0.15, -0.1) is 0 Å². The molecule has 0 aliphatic rings. The van der Waals surface area contributed by atoms with Crippen molar-refractivity contribution in [2.24, 2.45) is 0 Å². The van der Waals surface area contributed by atoms with E-state index in [1.54, 1.807) is 24.3 Å². The number of halogens is 3. The molecule has 1 heterocycles. The van der Waals surface area contributed by atoms with Gasteiger partial charge in [-0.2, -0.15) is 13.2 Å². The Kier molecular flexibility index (Phi) is 9.00. The fraction of sp³-hybridized carbons (Fsp3) is 0.542. The van der Waals surface area contributed by atoms with Gasteiger partial charge in [-0.25, -0.2) is 4.79 Å². The van der Waals surface area contributed by atoms with Gasteiger partial charge in [0.2, 0.25) is 0 Å². The molecule has 166 valence electrons. The Morgan fingerprint density at radius 1 is 0.967 bits per heavy atom. The van der Waals surface area contributed by atoms with Gasteiger partial charge in [-0.3, -0.25) is 0 Å². The monoisotopic (exact) mass is 423 g/mol. The average Bonchev–Trinajstić information content (AvgIpc) is 3.10. The molecule has 0 aliphatic heterocycles. The largest absolute Gasteiger partial charge is 0.464 e. The van der Waals surface area contributed by atoms with Crippen molar-refractivity contribution in [1.82, 2.24) is 4.57 Å². The van der Waals surface area contributed by atoms with Crippen molar-refractivity contribution in [3.05, 3.63) is 47.3 Å². The van der Waals surface area contributed by atoms with E-state index in [9.17, 15) is 18.0 Å². The number of rotatable bonds is 11. The van der Waals surface area contributed by atoms with Gasteiger partial charge in [0.25, 0.3) is 0 Å². The number of carbonyl (C=O) groups is 1. The molecule has 0 saturated carbocycles. The molecule has 0 N–H and O–H groups in total. The summed E-state index contributed by atoms with van der Waals surface area (Å²) in [6.07, 6.45) is 5.49. The quantitative estimate of drug-likeness (QED) is 0.278. The molecule has 3 nitrogen and oxygen atoms in total. The van der Waals surface area contributed by atoms with Crippen LogP contribution in [0.3, 0.4) is 0 Å². The van der Waals surface area contributed by atoms with Crippen LogP contribution in [0.25, 0.3) is 11.1 Å². The minimum Gasteiger partial charge on any atom is -0.464 e. The molecule has 1 aromatic carbocycles. The third-order valence-electron chi connectivity index (χ3n) is 5.36. The van der Waals surface area contributed by atoms with E-state index in [1.807, 2.05) is 6.92 Å². The Labute approximate surface area is 177 Å². The van der Waals surface area contributed by atoms with Gasteiger partial charge < -0.3 is 9.30 Å². The van der Waals surface area contributed by atoms with Crippen LogP contribution in [0.15, 0.2) is 30.5 Å². The second-order valence-electron chi connectivity index (χ2n) is 7.79. The zero-order chi connectivity index (χ0) is 22.1. The molecular formula is C24H32F3NO2. The number of ether oxygens (including phenoxy) is 1. The summed E-state index contributed by atoms with van der Waals surface area (Å²) in [6.45, 7) is 4.41. The lowest BCUT2D eigenvalue weighted by Crippen LogP contribution is -2.17. The Morgan fingerprint density at radius 3 is 2.07 bits per heavy atom. The molecular weight excluding hydrogens is 391 g/mol. The molecule has 0 aliphatic carbocycles. The summed E-state index contributed by atoms with van der Waals surface area (Å²) in [5.41, 5.74) is 0.0791. The number of aryl methyl sites for hydroxylation is 2. The molecule has 0 spiro atoms. The van der Waals surface area contributed by atoms with Crippen molar-refractivity contribution in [2.45, 2.75) is 77.9 Å². The number of nitrogens with zero attached hydrogens (tertiary/aromatic N) is 1. The Bertz CT molecular complexity index is 807. The fourth-order valence-corrected chi connectivity index (χ4v) is 3.70. The summed E-state index contributed by atoms with van der Waals surface area (Å²) >= 11 is 0. The van der Waals surface area contributed by atoms with Gasteiger partial charge in [0.15, 0.2) is 0 Å². The molecule has 0 amide bonds. The van der Waals surface area contributed by atoms with Crippen molar-refractivity contribution in [3.63, 3.8) is 0 Å². The first-order chi connectivity index (χ1) is 14.3. The van der Waals surface area contributed by atoms with E-state index in [2.05, 4.69) is 6.92 Å². The maximum absolute atomic E-state index is 14.0.